The summed E-state index contributed by atoms with van der Waals surface area (Å²) >= 11 is 9.54. The van der Waals surface area contributed by atoms with Crippen molar-refractivity contribution in [2.24, 2.45) is 0 Å². The molecule has 3 heteroatoms. The van der Waals surface area contributed by atoms with E-state index in [1.807, 2.05) is 25.2 Å². The molecule has 0 amide bonds. The van der Waals surface area contributed by atoms with Crippen LogP contribution in [0, 0.1) is 0 Å². The number of likely N-dealkylation sites (N-methyl/N-ethyl adjacent to an activating group) is 1. The molecule has 1 rings (SSSR count). The molecule has 1 nitrogen and oxygen atoms in total. The fourth-order valence-electron chi connectivity index (χ4n) is 1.22. The fourth-order valence-corrected chi connectivity index (χ4v) is 1.77. The molecule has 0 radical (unpaired) electrons. The summed E-state index contributed by atoms with van der Waals surface area (Å²) in [5.41, 5.74) is 2.31. The SMILES string of the molecule is CNC(C)/C(C)=C/c1cc(Br)ccc1Cl. The lowest BCUT2D eigenvalue weighted by Crippen LogP contribution is -2.21. The van der Waals surface area contributed by atoms with Crippen molar-refractivity contribution in [1.82, 2.24) is 5.32 Å². The molecule has 0 aliphatic carbocycles. The predicted molar refractivity (Wildman–Crippen MR) is 71.3 cm³/mol. The number of halogens is 2. The van der Waals surface area contributed by atoms with Crippen molar-refractivity contribution in [1.29, 1.82) is 0 Å². The summed E-state index contributed by atoms with van der Waals surface area (Å²) in [4.78, 5) is 0. The van der Waals surface area contributed by atoms with Gasteiger partial charge in [-0.2, -0.15) is 0 Å². The quantitative estimate of drug-likeness (QED) is 0.882. The second kappa shape index (κ2) is 5.69. The van der Waals surface area contributed by atoms with Crippen molar-refractivity contribution in [3.8, 4) is 0 Å². The summed E-state index contributed by atoms with van der Waals surface area (Å²) < 4.78 is 1.04. The Balaban J connectivity index is 3.01. The molecular formula is C12H15BrClN. The zero-order chi connectivity index (χ0) is 11.4. The van der Waals surface area contributed by atoms with Crippen LogP contribution in [0.15, 0.2) is 28.2 Å². The molecule has 0 heterocycles. The van der Waals surface area contributed by atoms with Gasteiger partial charge in [0.05, 0.1) is 0 Å². The van der Waals surface area contributed by atoms with E-state index in [4.69, 9.17) is 11.6 Å². The summed E-state index contributed by atoms with van der Waals surface area (Å²) in [6.45, 7) is 4.22. The van der Waals surface area contributed by atoms with Gasteiger partial charge in [0, 0.05) is 15.5 Å². The topological polar surface area (TPSA) is 12.0 Å². The lowest BCUT2D eigenvalue weighted by Gasteiger charge is -2.11. The smallest absolute Gasteiger partial charge is 0.0479 e. The third-order valence-corrected chi connectivity index (χ3v) is 3.29. The summed E-state index contributed by atoms with van der Waals surface area (Å²) in [6, 6.07) is 6.22. The van der Waals surface area contributed by atoms with Gasteiger partial charge in [-0.3, -0.25) is 0 Å². The number of hydrogen-bond acceptors (Lipinski definition) is 1. The van der Waals surface area contributed by atoms with Crippen LogP contribution in [0.1, 0.15) is 19.4 Å². The Bertz CT molecular complexity index is 374. The van der Waals surface area contributed by atoms with E-state index in [0.29, 0.717) is 6.04 Å². The molecule has 1 aromatic rings. The highest BCUT2D eigenvalue weighted by Crippen LogP contribution is 2.23. The largest absolute Gasteiger partial charge is 0.314 e. The number of benzene rings is 1. The maximum atomic E-state index is 6.10. The van der Waals surface area contributed by atoms with Gasteiger partial charge in [0.15, 0.2) is 0 Å². The summed E-state index contributed by atoms with van der Waals surface area (Å²) in [7, 11) is 1.95. The molecule has 0 aromatic heterocycles. The first kappa shape index (κ1) is 12.8. The highest BCUT2D eigenvalue weighted by molar-refractivity contribution is 9.10. The van der Waals surface area contributed by atoms with Crippen LogP contribution in [0.5, 0.6) is 0 Å². The van der Waals surface area contributed by atoms with Gasteiger partial charge in [0.25, 0.3) is 0 Å². The van der Waals surface area contributed by atoms with Gasteiger partial charge in [0.1, 0.15) is 0 Å². The molecule has 0 spiro atoms. The highest BCUT2D eigenvalue weighted by Gasteiger charge is 2.03. The first-order valence-electron chi connectivity index (χ1n) is 4.85. The van der Waals surface area contributed by atoms with Crippen molar-refractivity contribution in [3.63, 3.8) is 0 Å². The Morgan fingerprint density at radius 2 is 2.20 bits per heavy atom. The van der Waals surface area contributed by atoms with E-state index in [1.165, 1.54) is 5.57 Å². The van der Waals surface area contributed by atoms with Crippen LogP contribution in [-0.4, -0.2) is 13.1 Å². The predicted octanol–water partition coefficient (Wildman–Crippen LogP) is 4.11. The molecule has 1 aromatic carbocycles. The Morgan fingerprint density at radius 1 is 1.53 bits per heavy atom. The molecule has 0 aliphatic rings. The fraction of sp³-hybridized carbons (Fsp3) is 0.333. The number of rotatable bonds is 3. The van der Waals surface area contributed by atoms with Gasteiger partial charge in [-0.25, -0.2) is 0 Å². The van der Waals surface area contributed by atoms with Gasteiger partial charge in [-0.05, 0) is 44.7 Å². The second-order valence-electron chi connectivity index (χ2n) is 3.56. The standard InChI is InChI=1S/C12H15BrClN/c1-8(9(2)15-3)6-10-7-11(13)4-5-12(10)14/h4-7,9,15H,1-3H3/b8-6+. The Hall–Kier alpha value is -0.310. The zero-order valence-electron chi connectivity index (χ0n) is 9.14. The van der Waals surface area contributed by atoms with Gasteiger partial charge >= 0.3 is 0 Å². The van der Waals surface area contributed by atoms with Crippen LogP contribution in [0.3, 0.4) is 0 Å². The van der Waals surface area contributed by atoms with E-state index in [2.05, 4.69) is 41.2 Å². The van der Waals surface area contributed by atoms with Crippen LogP contribution in [-0.2, 0) is 0 Å². The van der Waals surface area contributed by atoms with Crippen LogP contribution >= 0.6 is 27.5 Å². The van der Waals surface area contributed by atoms with Crippen LogP contribution in [0.25, 0.3) is 6.08 Å². The first-order valence-corrected chi connectivity index (χ1v) is 6.02. The second-order valence-corrected chi connectivity index (χ2v) is 4.89. The Kier molecular flexibility index (Phi) is 4.84. The molecule has 1 atom stereocenters. The van der Waals surface area contributed by atoms with Crippen molar-refractivity contribution in [2.75, 3.05) is 7.05 Å². The van der Waals surface area contributed by atoms with Crippen LogP contribution < -0.4 is 5.32 Å². The summed E-state index contributed by atoms with van der Waals surface area (Å²) in [6.07, 6.45) is 2.11. The molecule has 82 valence electrons. The molecule has 0 fully saturated rings. The molecule has 1 unspecified atom stereocenters. The molecule has 15 heavy (non-hydrogen) atoms. The molecule has 0 saturated heterocycles. The van der Waals surface area contributed by atoms with E-state index < -0.39 is 0 Å². The lowest BCUT2D eigenvalue weighted by molar-refractivity contribution is 0.696. The van der Waals surface area contributed by atoms with E-state index in [0.717, 1.165) is 15.1 Å². The lowest BCUT2D eigenvalue weighted by atomic mass is 10.1. The molecule has 0 aliphatic heterocycles. The van der Waals surface area contributed by atoms with Crippen molar-refractivity contribution in [2.45, 2.75) is 19.9 Å². The van der Waals surface area contributed by atoms with E-state index in [9.17, 15) is 0 Å². The minimum Gasteiger partial charge on any atom is -0.314 e. The molecule has 0 saturated carbocycles. The minimum atomic E-state index is 0.361. The van der Waals surface area contributed by atoms with Crippen molar-refractivity contribution in [3.05, 3.63) is 38.8 Å². The third kappa shape index (κ3) is 3.63. The third-order valence-electron chi connectivity index (χ3n) is 2.46. The highest BCUT2D eigenvalue weighted by atomic mass is 79.9. The van der Waals surface area contributed by atoms with Gasteiger partial charge in [-0.1, -0.05) is 39.2 Å². The first-order chi connectivity index (χ1) is 7.04. The minimum absolute atomic E-state index is 0.361. The molecular weight excluding hydrogens is 273 g/mol. The van der Waals surface area contributed by atoms with Crippen LogP contribution in [0.2, 0.25) is 5.02 Å². The van der Waals surface area contributed by atoms with Crippen LogP contribution in [0.4, 0.5) is 0 Å². The Labute approximate surface area is 105 Å². The summed E-state index contributed by atoms with van der Waals surface area (Å²) in [5, 5.41) is 3.97. The summed E-state index contributed by atoms with van der Waals surface area (Å²) in [5.74, 6) is 0. The van der Waals surface area contributed by atoms with E-state index >= 15 is 0 Å². The van der Waals surface area contributed by atoms with E-state index in [1.54, 1.807) is 0 Å². The zero-order valence-corrected chi connectivity index (χ0v) is 11.5. The van der Waals surface area contributed by atoms with Crippen molar-refractivity contribution >= 4 is 33.6 Å². The maximum Gasteiger partial charge on any atom is 0.0479 e. The normalized spacial score (nSPS) is 14.1. The average molecular weight is 289 g/mol. The molecule has 0 bridgehead atoms. The number of nitrogens with one attached hydrogen (secondary N) is 1. The van der Waals surface area contributed by atoms with Gasteiger partial charge in [-0.15, -0.1) is 0 Å². The van der Waals surface area contributed by atoms with Gasteiger partial charge in [0.2, 0.25) is 0 Å². The number of hydrogen-bond donors (Lipinski definition) is 1. The average Bonchev–Trinajstić information content (AvgIpc) is 2.22. The monoisotopic (exact) mass is 287 g/mol. The van der Waals surface area contributed by atoms with Gasteiger partial charge < -0.3 is 5.32 Å². The maximum absolute atomic E-state index is 6.10. The Morgan fingerprint density at radius 3 is 2.80 bits per heavy atom. The van der Waals surface area contributed by atoms with Crippen molar-refractivity contribution < 1.29 is 0 Å². The molecule has 1 N–H and O–H groups in total. The van der Waals surface area contributed by atoms with E-state index in [-0.39, 0.29) is 0 Å².